The number of nitrogens with one attached hydrogen (secondary N) is 1. The standard InChI is InChI=1S/C21H20N6S2/c1-3-12-27-19(16-8-10-22-11-9-16)25-26-21(27)29-14-17-13-28-20(23-17)24-18-7-5-4-6-15(18)2/h3-11,13H,1,12,14H2,2H3,(H,23,24). The minimum Gasteiger partial charge on any atom is -0.331 e. The van der Waals surface area contributed by atoms with Gasteiger partial charge in [0.15, 0.2) is 16.1 Å². The molecule has 3 aromatic heterocycles. The number of pyridine rings is 1. The molecule has 1 N–H and O–H groups in total. The highest BCUT2D eigenvalue weighted by molar-refractivity contribution is 7.98. The minimum absolute atomic E-state index is 0.643. The SMILES string of the molecule is C=CCn1c(SCc2csc(Nc3ccccc3C)n2)nnc1-c1ccncc1. The molecule has 0 amide bonds. The Balaban J connectivity index is 1.47. The summed E-state index contributed by atoms with van der Waals surface area (Å²) in [5.74, 6) is 1.53. The van der Waals surface area contributed by atoms with Crippen LogP contribution in [0.15, 0.2) is 72.0 Å². The fraction of sp³-hybridized carbons (Fsp3) is 0.143. The quantitative estimate of drug-likeness (QED) is 0.307. The van der Waals surface area contributed by atoms with Gasteiger partial charge >= 0.3 is 0 Å². The maximum absolute atomic E-state index is 4.70. The average Bonchev–Trinajstić information content (AvgIpc) is 3.36. The van der Waals surface area contributed by atoms with Crippen LogP contribution in [0.5, 0.6) is 0 Å². The lowest BCUT2D eigenvalue weighted by Gasteiger charge is -2.07. The van der Waals surface area contributed by atoms with Crippen molar-refractivity contribution in [3.8, 4) is 11.4 Å². The lowest BCUT2D eigenvalue weighted by molar-refractivity contribution is 0.731. The van der Waals surface area contributed by atoms with E-state index in [4.69, 9.17) is 4.98 Å². The van der Waals surface area contributed by atoms with Crippen LogP contribution in [-0.2, 0) is 12.3 Å². The van der Waals surface area contributed by atoms with E-state index in [2.05, 4.69) is 56.1 Å². The van der Waals surface area contributed by atoms with Crippen molar-refractivity contribution in [1.29, 1.82) is 0 Å². The number of hydrogen-bond acceptors (Lipinski definition) is 7. The number of benzene rings is 1. The third-order valence-corrected chi connectivity index (χ3v) is 6.06. The molecule has 4 rings (SSSR count). The van der Waals surface area contributed by atoms with Crippen molar-refractivity contribution in [2.24, 2.45) is 0 Å². The van der Waals surface area contributed by atoms with Gasteiger partial charge < -0.3 is 5.32 Å². The molecule has 8 heteroatoms. The van der Waals surface area contributed by atoms with Gasteiger partial charge in [-0.2, -0.15) is 0 Å². The van der Waals surface area contributed by atoms with Crippen molar-refractivity contribution < 1.29 is 0 Å². The molecule has 0 aliphatic heterocycles. The fourth-order valence-electron chi connectivity index (χ4n) is 2.80. The number of rotatable bonds is 8. The lowest BCUT2D eigenvalue weighted by atomic mass is 10.2. The van der Waals surface area contributed by atoms with Crippen LogP contribution in [0.1, 0.15) is 11.3 Å². The number of thioether (sulfide) groups is 1. The van der Waals surface area contributed by atoms with Gasteiger partial charge in [0.1, 0.15) is 0 Å². The van der Waals surface area contributed by atoms with E-state index >= 15 is 0 Å². The Labute approximate surface area is 177 Å². The number of anilines is 2. The molecular weight excluding hydrogens is 400 g/mol. The summed E-state index contributed by atoms with van der Waals surface area (Å²) in [5.41, 5.74) is 4.27. The topological polar surface area (TPSA) is 68.5 Å². The van der Waals surface area contributed by atoms with E-state index in [1.165, 1.54) is 5.56 Å². The molecule has 0 aliphatic carbocycles. The van der Waals surface area contributed by atoms with Crippen molar-refractivity contribution in [3.05, 3.63) is 78.1 Å². The third-order valence-electron chi connectivity index (χ3n) is 4.25. The number of aryl methyl sites for hydroxylation is 1. The van der Waals surface area contributed by atoms with Gasteiger partial charge in [-0.15, -0.1) is 28.1 Å². The van der Waals surface area contributed by atoms with E-state index in [9.17, 15) is 0 Å². The minimum atomic E-state index is 0.643. The fourth-order valence-corrected chi connectivity index (χ4v) is 4.47. The summed E-state index contributed by atoms with van der Waals surface area (Å²) in [5, 5.41) is 16.0. The monoisotopic (exact) mass is 420 g/mol. The van der Waals surface area contributed by atoms with Crippen LogP contribution in [-0.4, -0.2) is 24.7 Å². The molecule has 1 aromatic carbocycles. The molecule has 3 heterocycles. The summed E-state index contributed by atoms with van der Waals surface area (Å²) in [6.07, 6.45) is 5.37. The summed E-state index contributed by atoms with van der Waals surface area (Å²) in [7, 11) is 0. The zero-order chi connectivity index (χ0) is 20.1. The zero-order valence-corrected chi connectivity index (χ0v) is 17.6. The highest BCUT2D eigenvalue weighted by Gasteiger charge is 2.14. The van der Waals surface area contributed by atoms with Crippen molar-refractivity contribution in [3.63, 3.8) is 0 Å². The molecule has 0 saturated carbocycles. The van der Waals surface area contributed by atoms with E-state index in [0.29, 0.717) is 6.54 Å². The van der Waals surface area contributed by atoms with Gasteiger partial charge in [0.2, 0.25) is 0 Å². The summed E-state index contributed by atoms with van der Waals surface area (Å²) in [4.78, 5) is 8.77. The first kappa shape index (κ1) is 19.4. The smallest absolute Gasteiger partial charge is 0.192 e. The molecular formula is C21H20N6S2. The summed E-state index contributed by atoms with van der Waals surface area (Å²) in [6.45, 7) is 6.59. The van der Waals surface area contributed by atoms with Gasteiger partial charge in [-0.3, -0.25) is 9.55 Å². The van der Waals surface area contributed by atoms with Gasteiger partial charge in [-0.1, -0.05) is 36.0 Å². The second-order valence-corrected chi connectivity index (χ2v) is 8.11. The Morgan fingerprint density at radius 3 is 2.79 bits per heavy atom. The molecule has 0 fully saturated rings. The average molecular weight is 421 g/mol. The van der Waals surface area contributed by atoms with Crippen LogP contribution >= 0.6 is 23.1 Å². The predicted octanol–water partition coefficient (Wildman–Crippen LogP) is 5.33. The first-order chi connectivity index (χ1) is 14.2. The molecule has 0 radical (unpaired) electrons. The number of para-hydroxylation sites is 1. The number of allylic oxidation sites excluding steroid dienone is 1. The van der Waals surface area contributed by atoms with Crippen molar-refractivity contribution >= 4 is 33.9 Å². The molecule has 6 nitrogen and oxygen atoms in total. The van der Waals surface area contributed by atoms with Gasteiger partial charge in [0.25, 0.3) is 0 Å². The Bertz CT molecular complexity index is 1100. The van der Waals surface area contributed by atoms with Gasteiger partial charge in [-0.25, -0.2) is 4.98 Å². The summed E-state index contributed by atoms with van der Waals surface area (Å²) >= 11 is 3.22. The molecule has 146 valence electrons. The Morgan fingerprint density at radius 1 is 1.17 bits per heavy atom. The zero-order valence-electron chi connectivity index (χ0n) is 15.9. The number of hydrogen-bond donors (Lipinski definition) is 1. The Hall–Kier alpha value is -2.97. The predicted molar refractivity (Wildman–Crippen MR) is 120 cm³/mol. The first-order valence-electron chi connectivity index (χ1n) is 9.09. The van der Waals surface area contributed by atoms with E-state index in [1.54, 1.807) is 35.5 Å². The molecule has 0 atom stereocenters. The van der Waals surface area contributed by atoms with Crippen molar-refractivity contribution in [2.75, 3.05) is 5.32 Å². The molecule has 0 aliphatic rings. The normalized spacial score (nSPS) is 10.8. The highest BCUT2D eigenvalue weighted by Crippen LogP contribution is 2.29. The summed E-state index contributed by atoms with van der Waals surface area (Å²) < 4.78 is 2.06. The molecule has 4 aromatic rings. The van der Waals surface area contributed by atoms with Crippen LogP contribution < -0.4 is 5.32 Å². The molecule has 0 saturated heterocycles. The van der Waals surface area contributed by atoms with E-state index in [1.807, 2.05) is 30.3 Å². The molecule has 0 spiro atoms. The van der Waals surface area contributed by atoms with Gasteiger partial charge in [0, 0.05) is 41.3 Å². The second kappa shape index (κ2) is 9.02. The lowest BCUT2D eigenvalue weighted by Crippen LogP contribution is -2.00. The maximum Gasteiger partial charge on any atom is 0.192 e. The summed E-state index contributed by atoms with van der Waals surface area (Å²) in [6, 6.07) is 12.1. The van der Waals surface area contributed by atoms with Gasteiger partial charge in [-0.05, 0) is 30.7 Å². The van der Waals surface area contributed by atoms with Crippen LogP contribution in [0.2, 0.25) is 0 Å². The molecule has 0 unspecified atom stereocenters. The van der Waals surface area contributed by atoms with E-state index < -0.39 is 0 Å². The number of thiazole rings is 1. The van der Waals surface area contributed by atoms with Crippen LogP contribution in [0.3, 0.4) is 0 Å². The Kier molecular flexibility index (Phi) is 6.02. The van der Waals surface area contributed by atoms with Crippen molar-refractivity contribution in [1.82, 2.24) is 24.7 Å². The largest absolute Gasteiger partial charge is 0.331 e. The second-order valence-electron chi connectivity index (χ2n) is 6.31. The third kappa shape index (κ3) is 4.55. The van der Waals surface area contributed by atoms with E-state index in [0.717, 1.165) is 38.8 Å². The van der Waals surface area contributed by atoms with E-state index in [-0.39, 0.29) is 0 Å². The molecule has 0 bridgehead atoms. The first-order valence-corrected chi connectivity index (χ1v) is 11.0. The Morgan fingerprint density at radius 2 is 2.00 bits per heavy atom. The van der Waals surface area contributed by atoms with Gasteiger partial charge in [0.05, 0.1) is 5.69 Å². The van der Waals surface area contributed by atoms with Crippen LogP contribution in [0.4, 0.5) is 10.8 Å². The van der Waals surface area contributed by atoms with Crippen molar-refractivity contribution in [2.45, 2.75) is 24.4 Å². The maximum atomic E-state index is 4.70. The number of nitrogens with zero attached hydrogens (tertiary/aromatic N) is 5. The highest BCUT2D eigenvalue weighted by atomic mass is 32.2. The van der Waals surface area contributed by atoms with Crippen LogP contribution in [0, 0.1) is 6.92 Å². The number of aromatic nitrogens is 5. The molecule has 29 heavy (non-hydrogen) atoms. The van der Waals surface area contributed by atoms with Crippen LogP contribution in [0.25, 0.3) is 11.4 Å².